The Balaban J connectivity index is 3.09. The lowest BCUT2D eigenvalue weighted by molar-refractivity contribution is -0.388. The van der Waals surface area contributed by atoms with Crippen molar-refractivity contribution in [2.75, 3.05) is 12.4 Å². The molecule has 7 nitrogen and oxygen atoms in total. The molecule has 0 saturated carbocycles. The van der Waals surface area contributed by atoms with Gasteiger partial charge in [0, 0.05) is 18.4 Å². The van der Waals surface area contributed by atoms with E-state index in [0.29, 0.717) is 10.6 Å². The Morgan fingerprint density at radius 1 is 1.53 bits per heavy atom. The fourth-order valence-electron chi connectivity index (χ4n) is 1.22. The zero-order chi connectivity index (χ0) is 14.6. The SMILES string of the molecule is CC(CO)CSc1ccc(S(N)(=O)=O)cc1[N+](=O)[O-]. The van der Waals surface area contributed by atoms with Gasteiger partial charge in [-0.3, -0.25) is 10.1 Å². The Hall–Kier alpha value is -1.16. The maximum Gasteiger partial charge on any atom is 0.284 e. The van der Waals surface area contributed by atoms with Crippen LogP contribution in [0, 0.1) is 16.0 Å². The number of thioether (sulfide) groups is 1. The number of nitrogens with two attached hydrogens (primary N) is 1. The van der Waals surface area contributed by atoms with E-state index < -0.39 is 14.9 Å². The largest absolute Gasteiger partial charge is 0.396 e. The minimum absolute atomic E-state index is 0.0116. The number of nitrogens with zero attached hydrogens (tertiary/aromatic N) is 1. The van der Waals surface area contributed by atoms with Crippen LogP contribution in [0.15, 0.2) is 28.0 Å². The van der Waals surface area contributed by atoms with Crippen LogP contribution in [0.25, 0.3) is 0 Å². The Kier molecular flexibility index (Phi) is 5.29. The molecule has 106 valence electrons. The standard InChI is InChI=1S/C10H14N2O5S2/c1-7(5-13)6-18-10-3-2-8(19(11,16)17)4-9(10)12(14)15/h2-4,7,13H,5-6H2,1H3,(H2,11,16,17). The van der Waals surface area contributed by atoms with Crippen molar-refractivity contribution in [2.45, 2.75) is 16.7 Å². The summed E-state index contributed by atoms with van der Waals surface area (Å²) in [4.78, 5) is 10.3. The lowest BCUT2D eigenvalue weighted by atomic mass is 10.2. The van der Waals surface area contributed by atoms with Crippen molar-refractivity contribution < 1.29 is 18.4 Å². The summed E-state index contributed by atoms with van der Waals surface area (Å²) in [5.74, 6) is 0.481. The van der Waals surface area contributed by atoms with Crippen LogP contribution in [0.2, 0.25) is 0 Å². The van der Waals surface area contributed by atoms with Crippen molar-refractivity contribution in [3.63, 3.8) is 0 Å². The average Bonchev–Trinajstić information content (AvgIpc) is 2.34. The summed E-state index contributed by atoms with van der Waals surface area (Å²) < 4.78 is 22.3. The highest BCUT2D eigenvalue weighted by Crippen LogP contribution is 2.32. The van der Waals surface area contributed by atoms with Gasteiger partial charge in [-0.05, 0) is 18.1 Å². The van der Waals surface area contributed by atoms with Gasteiger partial charge in [0.05, 0.1) is 14.7 Å². The molecular formula is C10H14N2O5S2. The molecule has 0 spiro atoms. The molecule has 0 aliphatic heterocycles. The van der Waals surface area contributed by atoms with E-state index in [1.54, 1.807) is 6.92 Å². The predicted octanol–water partition coefficient (Wildman–Crippen LogP) is 0.963. The number of nitro benzene ring substituents is 1. The van der Waals surface area contributed by atoms with E-state index in [1.165, 1.54) is 23.9 Å². The Morgan fingerprint density at radius 3 is 2.63 bits per heavy atom. The molecule has 1 aromatic carbocycles. The van der Waals surface area contributed by atoms with Gasteiger partial charge in [-0.2, -0.15) is 0 Å². The summed E-state index contributed by atoms with van der Waals surface area (Å²) >= 11 is 1.19. The van der Waals surface area contributed by atoms with Crippen LogP contribution in [0.1, 0.15) is 6.92 Å². The van der Waals surface area contributed by atoms with Gasteiger partial charge in [-0.25, -0.2) is 13.6 Å². The van der Waals surface area contributed by atoms with E-state index in [4.69, 9.17) is 10.2 Å². The smallest absolute Gasteiger partial charge is 0.284 e. The molecule has 0 heterocycles. The number of benzene rings is 1. The Bertz CT molecular complexity index is 573. The van der Waals surface area contributed by atoms with Crippen molar-refractivity contribution in [2.24, 2.45) is 11.1 Å². The fraction of sp³-hybridized carbons (Fsp3) is 0.400. The molecule has 1 rings (SSSR count). The van der Waals surface area contributed by atoms with Crippen molar-refractivity contribution in [1.82, 2.24) is 0 Å². The molecule has 0 aliphatic rings. The van der Waals surface area contributed by atoms with Crippen LogP contribution in [-0.2, 0) is 10.0 Å². The molecule has 1 atom stereocenters. The molecule has 0 amide bonds. The molecule has 0 bridgehead atoms. The molecule has 0 saturated heterocycles. The molecule has 9 heteroatoms. The summed E-state index contributed by atoms with van der Waals surface area (Å²) in [5, 5.41) is 24.8. The molecule has 0 aromatic heterocycles. The Morgan fingerprint density at radius 2 is 2.16 bits per heavy atom. The first-order chi connectivity index (χ1) is 8.75. The van der Waals surface area contributed by atoms with Crippen molar-refractivity contribution >= 4 is 27.5 Å². The van der Waals surface area contributed by atoms with E-state index in [2.05, 4.69) is 0 Å². The third-order valence-corrected chi connectivity index (χ3v) is 4.59. The first-order valence-electron chi connectivity index (χ1n) is 5.30. The van der Waals surface area contributed by atoms with Gasteiger partial charge >= 0.3 is 0 Å². The number of rotatable bonds is 6. The number of aliphatic hydroxyl groups is 1. The van der Waals surface area contributed by atoms with Gasteiger partial charge in [0.25, 0.3) is 5.69 Å². The second-order valence-corrected chi connectivity index (χ2v) is 6.65. The van der Waals surface area contributed by atoms with Crippen LogP contribution < -0.4 is 5.14 Å². The quantitative estimate of drug-likeness (QED) is 0.458. The van der Waals surface area contributed by atoms with Crippen molar-refractivity contribution in [1.29, 1.82) is 0 Å². The van der Waals surface area contributed by atoms with E-state index in [9.17, 15) is 18.5 Å². The monoisotopic (exact) mass is 306 g/mol. The lowest BCUT2D eigenvalue weighted by Crippen LogP contribution is -2.12. The number of hydrogen-bond acceptors (Lipinski definition) is 6. The number of sulfonamides is 1. The van der Waals surface area contributed by atoms with Gasteiger partial charge in [0.2, 0.25) is 10.0 Å². The third-order valence-electron chi connectivity index (χ3n) is 2.29. The highest BCUT2D eigenvalue weighted by molar-refractivity contribution is 7.99. The predicted molar refractivity (Wildman–Crippen MR) is 71.4 cm³/mol. The van der Waals surface area contributed by atoms with Crippen LogP contribution in [0.4, 0.5) is 5.69 Å². The van der Waals surface area contributed by atoms with Crippen molar-refractivity contribution in [3.05, 3.63) is 28.3 Å². The second-order valence-electron chi connectivity index (χ2n) is 4.03. The van der Waals surface area contributed by atoms with Gasteiger partial charge in [0.1, 0.15) is 0 Å². The van der Waals surface area contributed by atoms with E-state index in [0.717, 1.165) is 6.07 Å². The maximum atomic E-state index is 11.1. The molecule has 3 N–H and O–H groups in total. The normalized spacial score (nSPS) is 13.2. The van der Waals surface area contributed by atoms with Crippen molar-refractivity contribution in [3.8, 4) is 0 Å². The highest BCUT2D eigenvalue weighted by atomic mass is 32.2. The minimum atomic E-state index is -3.97. The molecule has 1 aromatic rings. The van der Waals surface area contributed by atoms with Gasteiger partial charge in [-0.1, -0.05) is 6.92 Å². The Labute approximate surface area is 115 Å². The molecular weight excluding hydrogens is 292 g/mol. The number of aliphatic hydroxyl groups excluding tert-OH is 1. The highest BCUT2D eigenvalue weighted by Gasteiger charge is 2.19. The molecule has 0 aliphatic carbocycles. The lowest BCUT2D eigenvalue weighted by Gasteiger charge is -2.08. The molecule has 0 radical (unpaired) electrons. The number of nitro groups is 1. The maximum absolute atomic E-state index is 11.1. The van der Waals surface area contributed by atoms with Crippen LogP contribution in [0.3, 0.4) is 0 Å². The first kappa shape index (κ1) is 15.9. The van der Waals surface area contributed by atoms with Gasteiger partial charge in [-0.15, -0.1) is 11.8 Å². The average molecular weight is 306 g/mol. The molecule has 1 unspecified atom stereocenters. The van der Waals surface area contributed by atoms with E-state index in [-0.39, 0.29) is 23.1 Å². The summed E-state index contributed by atoms with van der Waals surface area (Å²) in [5.41, 5.74) is -0.304. The fourth-order valence-corrected chi connectivity index (χ4v) is 2.77. The second kappa shape index (κ2) is 6.33. The summed E-state index contributed by atoms with van der Waals surface area (Å²) in [6.07, 6.45) is 0. The van der Waals surface area contributed by atoms with Crippen LogP contribution in [0.5, 0.6) is 0 Å². The first-order valence-corrected chi connectivity index (χ1v) is 7.83. The van der Waals surface area contributed by atoms with E-state index >= 15 is 0 Å². The summed E-state index contributed by atoms with van der Waals surface area (Å²) in [7, 11) is -3.97. The van der Waals surface area contributed by atoms with Gasteiger partial charge in [0.15, 0.2) is 0 Å². The third kappa shape index (κ3) is 4.46. The summed E-state index contributed by atoms with van der Waals surface area (Å²) in [6.45, 7) is 1.79. The minimum Gasteiger partial charge on any atom is -0.396 e. The summed E-state index contributed by atoms with van der Waals surface area (Å²) in [6, 6.07) is 3.53. The molecule has 19 heavy (non-hydrogen) atoms. The topological polar surface area (TPSA) is 124 Å². The zero-order valence-electron chi connectivity index (χ0n) is 10.1. The van der Waals surface area contributed by atoms with E-state index in [1.807, 2.05) is 0 Å². The van der Waals surface area contributed by atoms with Crippen LogP contribution >= 0.6 is 11.8 Å². The van der Waals surface area contributed by atoms with Crippen LogP contribution in [-0.4, -0.2) is 30.8 Å². The number of hydrogen-bond donors (Lipinski definition) is 2. The number of primary sulfonamides is 1. The van der Waals surface area contributed by atoms with Gasteiger partial charge < -0.3 is 5.11 Å². The molecule has 0 fully saturated rings. The zero-order valence-corrected chi connectivity index (χ0v) is 11.8.